The molecule has 0 N–H and O–H groups in total. The fourth-order valence-corrected chi connectivity index (χ4v) is 1.39. The van der Waals surface area contributed by atoms with E-state index >= 15 is 0 Å². The minimum Gasteiger partial charge on any atom is -0.492 e. The first kappa shape index (κ1) is 10.1. The van der Waals surface area contributed by atoms with Crippen LogP contribution in [0.2, 0.25) is 5.02 Å². The Balaban J connectivity index is 2.95. The Kier molecular flexibility index (Phi) is 3.84. The van der Waals surface area contributed by atoms with Crippen LogP contribution in [0.4, 0.5) is 0 Å². The summed E-state index contributed by atoms with van der Waals surface area (Å²) in [7, 11) is 0. The van der Waals surface area contributed by atoms with Gasteiger partial charge in [-0.25, -0.2) is 0 Å². The van der Waals surface area contributed by atoms with E-state index < -0.39 is 0 Å². The number of halogens is 1. The van der Waals surface area contributed by atoms with E-state index in [9.17, 15) is 0 Å². The fraction of sp³-hybridized carbons (Fsp3) is 0.273. The maximum Gasteiger partial charge on any atom is 0.138 e. The summed E-state index contributed by atoms with van der Waals surface area (Å²) in [5, 5.41) is 0.698. The van der Waals surface area contributed by atoms with Gasteiger partial charge in [0.25, 0.3) is 0 Å². The molecule has 0 unspecified atom stereocenters. The minimum absolute atomic E-state index is 0.636. The average molecular weight is 197 g/mol. The molecule has 1 nitrogen and oxygen atoms in total. The number of hydrogen-bond donors (Lipinski definition) is 0. The molecule has 13 heavy (non-hydrogen) atoms. The first-order valence-electron chi connectivity index (χ1n) is 4.30. The van der Waals surface area contributed by atoms with Crippen LogP contribution in [0.1, 0.15) is 12.5 Å². The van der Waals surface area contributed by atoms with E-state index in [0.717, 1.165) is 17.7 Å². The van der Waals surface area contributed by atoms with Gasteiger partial charge in [-0.3, -0.25) is 0 Å². The van der Waals surface area contributed by atoms with Crippen molar-refractivity contribution in [3.05, 3.63) is 41.4 Å². The zero-order valence-electron chi connectivity index (χ0n) is 7.72. The van der Waals surface area contributed by atoms with Gasteiger partial charge in [0.05, 0.1) is 11.6 Å². The monoisotopic (exact) mass is 196 g/mol. The van der Waals surface area contributed by atoms with E-state index in [-0.39, 0.29) is 0 Å². The molecule has 0 radical (unpaired) electrons. The SMILES string of the molecule is C=CCc1cccc(OCC)c1Cl. The summed E-state index contributed by atoms with van der Waals surface area (Å²) in [5.74, 6) is 0.753. The van der Waals surface area contributed by atoms with E-state index in [2.05, 4.69) is 6.58 Å². The van der Waals surface area contributed by atoms with Crippen molar-refractivity contribution < 1.29 is 4.74 Å². The van der Waals surface area contributed by atoms with Gasteiger partial charge >= 0.3 is 0 Å². The summed E-state index contributed by atoms with van der Waals surface area (Å²) in [5.41, 5.74) is 1.06. The third-order valence-corrected chi connectivity index (χ3v) is 2.14. The van der Waals surface area contributed by atoms with E-state index in [1.807, 2.05) is 31.2 Å². The van der Waals surface area contributed by atoms with Crippen LogP contribution in [0.5, 0.6) is 5.75 Å². The van der Waals surface area contributed by atoms with Crippen molar-refractivity contribution in [1.29, 1.82) is 0 Å². The van der Waals surface area contributed by atoms with Crippen LogP contribution in [0, 0.1) is 0 Å². The highest BCUT2D eigenvalue weighted by Crippen LogP contribution is 2.28. The zero-order valence-corrected chi connectivity index (χ0v) is 8.47. The Morgan fingerprint density at radius 3 is 2.92 bits per heavy atom. The Labute approximate surface area is 84.0 Å². The number of rotatable bonds is 4. The van der Waals surface area contributed by atoms with Gasteiger partial charge in [-0.2, -0.15) is 0 Å². The van der Waals surface area contributed by atoms with Crippen LogP contribution in [-0.4, -0.2) is 6.61 Å². The largest absolute Gasteiger partial charge is 0.492 e. The highest BCUT2D eigenvalue weighted by Gasteiger charge is 2.04. The van der Waals surface area contributed by atoms with Crippen molar-refractivity contribution in [2.75, 3.05) is 6.61 Å². The lowest BCUT2D eigenvalue weighted by molar-refractivity contribution is 0.340. The summed E-state index contributed by atoms with van der Waals surface area (Å²) in [6.07, 6.45) is 2.61. The smallest absolute Gasteiger partial charge is 0.138 e. The molecule has 0 spiro atoms. The van der Waals surface area contributed by atoms with Gasteiger partial charge < -0.3 is 4.74 Å². The Hall–Kier alpha value is -0.950. The maximum absolute atomic E-state index is 6.09. The molecule has 0 aliphatic rings. The van der Waals surface area contributed by atoms with Gasteiger partial charge in [0.15, 0.2) is 0 Å². The molecule has 70 valence electrons. The molecule has 0 saturated heterocycles. The van der Waals surface area contributed by atoms with E-state index in [1.165, 1.54) is 0 Å². The molecule has 0 aliphatic heterocycles. The molecule has 0 heterocycles. The van der Waals surface area contributed by atoms with Crippen molar-refractivity contribution in [2.24, 2.45) is 0 Å². The lowest BCUT2D eigenvalue weighted by Gasteiger charge is -2.08. The Morgan fingerprint density at radius 2 is 2.31 bits per heavy atom. The molecule has 1 rings (SSSR count). The highest BCUT2D eigenvalue weighted by atomic mass is 35.5. The second-order valence-electron chi connectivity index (χ2n) is 2.66. The number of allylic oxidation sites excluding steroid dienone is 1. The van der Waals surface area contributed by atoms with Gasteiger partial charge in [0.2, 0.25) is 0 Å². The van der Waals surface area contributed by atoms with Crippen LogP contribution in [-0.2, 0) is 6.42 Å². The molecular formula is C11H13ClO. The molecule has 0 bridgehead atoms. The van der Waals surface area contributed by atoms with Gasteiger partial charge in [0.1, 0.15) is 5.75 Å². The van der Waals surface area contributed by atoms with E-state index in [1.54, 1.807) is 0 Å². The van der Waals surface area contributed by atoms with Crippen molar-refractivity contribution >= 4 is 11.6 Å². The lowest BCUT2D eigenvalue weighted by Crippen LogP contribution is -1.94. The van der Waals surface area contributed by atoms with E-state index in [0.29, 0.717) is 11.6 Å². The van der Waals surface area contributed by atoms with Crippen LogP contribution in [0.15, 0.2) is 30.9 Å². The summed E-state index contributed by atoms with van der Waals surface area (Å²) in [4.78, 5) is 0. The molecule has 2 heteroatoms. The number of benzene rings is 1. The molecule has 1 aromatic carbocycles. The third-order valence-electron chi connectivity index (χ3n) is 1.71. The third kappa shape index (κ3) is 2.49. The average Bonchev–Trinajstić information content (AvgIpc) is 2.13. The van der Waals surface area contributed by atoms with Crippen molar-refractivity contribution in [1.82, 2.24) is 0 Å². The van der Waals surface area contributed by atoms with Crippen molar-refractivity contribution in [3.63, 3.8) is 0 Å². The van der Waals surface area contributed by atoms with Crippen LogP contribution >= 0.6 is 11.6 Å². The highest BCUT2D eigenvalue weighted by molar-refractivity contribution is 6.32. The van der Waals surface area contributed by atoms with Crippen LogP contribution in [0.3, 0.4) is 0 Å². The molecule has 0 aliphatic carbocycles. The standard InChI is InChI=1S/C11H13ClO/c1-3-6-9-7-5-8-10(11(9)12)13-4-2/h3,5,7-8H,1,4,6H2,2H3. The molecule has 0 atom stereocenters. The normalized spacial score (nSPS) is 9.69. The summed E-state index contributed by atoms with van der Waals surface area (Å²) >= 11 is 6.09. The van der Waals surface area contributed by atoms with Crippen LogP contribution < -0.4 is 4.74 Å². The minimum atomic E-state index is 0.636. The topological polar surface area (TPSA) is 9.23 Å². The number of hydrogen-bond acceptors (Lipinski definition) is 1. The fourth-order valence-electron chi connectivity index (χ4n) is 1.14. The lowest BCUT2D eigenvalue weighted by atomic mass is 10.1. The Bertz CT molecular complexity index is 294. The van der Waals surface area contributed by atoms with E-state index in [4.69, 9.17) is 16.3 Å². The van der Waals surface area contributed by atoms with Gasteiger partial charge in [-0.05, 0) is 25.0 Å². The van der Waals surface area contributed by atoms with Crippen LogP contribution in [0.25, 0.3) is 0 Å². The second-order valence-corrected chi connectivity index (χ2v) is 3.03. The quantitative estimate of drug-likeness (QED) is 0.671. The van der Waals surface area contributed by atoms with Crippen molar-refractivity contribution in [2.45, 2.75) is 13.3 Å². The molecule has 0 fully saturated rings. The molecular weight excluding hydrogens is 184 g/mol. The zero-order chi connectivity index (χ0) is 9.68. The number of ether oxygens (including phenoxy) is 1. The first-order valence-corrected chi connectivity index (χ1v) is 4.68. The predicted octanol–water partition coefficient (Wildman–Crippen LogP) is 3.47. The van der Waals surface area contributed by atoms with Gasteiger partial charge in [0, 0.05) is 0 Å². The van der Waals surface area contributed by atoms with Gasteiger partial charge in [-0.1, -0.05) is 29.8 Å². The maximum atomic E-state index is 6.09. The summed E-state index contributed by atoms with van der Waals surface area (Å²) < 4.78 is 5.36. The molecule has 0 aromatic heterocycles. The summed E-state index contributed by atoms with van der Waals surface area (Å²) in [6.45, 7) is 6.25. The van der Waals surface area contributed by atoms with Crippen molar-refractivity contribution in [3.8, 4) is 5.75 Å². The van der Waals surface area contributed by atoms with Gasteiger partial charge in [-0.15, -0.1) is 6.58 Å². The Morgan fingerprint density at radius 1 is 1.54 bits per heavy atom. The molecule has 0 amide bonds. The molecule has 1 aromatic rings. The summed E-state index contributed by atoms with van der Waals surface area (Å²) in [6, 6.07) is 5.79. The molecule has 0 saturated carbocycles. The second kappa shape index (κ2) is 4.93. The predicted molar refractivity (Wildman–Crippen MR) is 56.5 cm³/mol. The first-order chi connectivity index (χ1) is 6.29.